The fourth-order valence-corrected chi connectivity index (χ4v) is 0.958. The predicted molar refractivity (Wildman–Crippen MR) is 42.4 cm³/mol. The number of aromatic nitrogens is 4. The van der Waals surface area contributed by atoms with E-state index < -0.39 is 16.9 Å². The van der Waals surface area contributed by atoms with Gasteiger partial charge in [-0.2, -0.15) is 0 Å². The minimum atomic E-state index is -0.650. The zero-order chi connectivity index (χ0) is 8.72. The van der Waals surface area contributed by atoms with Crippen LogP contribution < -0.4 is 46.5 Å². The molecule has 2 aromatic heterocycles. The van der Waals surface area contributed by atoms with Crippen molar-refractivity contribution in [2.24, 2.45) is 0 Å². The molecule has 0 amide bonds. The van der Waals surface area contributed by atoms with Crippen molar-refractivity contribution in [2.45, 2.75) is 0 Å². The number of rotatable bonds is 0. The van der Waals surface area contributed by atoms with E-state index in [1.165, 1.54) is 0 Å². The SMILES string of the molecule is O=c1[nH]c(=O)c2[nH]c(=O)[nH]c2[nH]1.[H+].[H-].[Na+]. The number of imidazole rings is 1. The van der Waals surface area contributed by atoms with Crippen LogP contribution in [-0.2, 0) is 0 Å². The molecule has 0 aliphatic carbocycles. The first-order valence-electron chi connectivity index (χ1n) is 3.11. The van der Waals surface area contributed by atoms with E-state index in [0.29, 0.717) is 0 Å². The molecule has 0 fully saturated rings. The molecule has 0 bridgehead atoms. The number of hydrogen-bond donors (Lipinski definition) is 4. The third-order valence-corrected chi connectivity index (χ3v) is 1.42. The van der Waals surface area contributed by atoms with E-state index in [-0.39, 0.29) is 43.6 Å². The molecule has 0 aliphatic heterocycles. The van der Waals surface area contributed by atoms with Gasteiger partial charge in [0.15, 0.2) is 0 Å². The maximum Gasteiger partial charge on any atom is 1.00 e. The molecule has 2 heterocycles. The number of nitrogens with one attached hydrogen (secondary N) is 4. The molecular formula is C5H6N4NaO3+. The van der Waals surface area contributed by atoms with Gasteiger partial charge in [0, 0.05) is 0 Å². The van der Waals surface area contributed by atoms with E-state index in [2.05, 4.69) is 15.0 Å². The molecular weight excluding hydrogens is 187 g/mol. The Balaban J connectivity index is 0. The zero-order valence-corrected chi connectivity index (χ0v) is 8.72. The Bertz CT molecular complexity index is 596. The summed E-state index contributed by atoms with van der Waals surface area (Å²) in [5.41, 5.74) is -1.65. The molecule has 0 aliphatic rings. The van der Waals surface area contributed by atoms with Crippen LogP contribution in [0.3, 0.4) is 0 Å². The van der Waals surface area contributed by atoms with Crippen LogP contribution in [0.25, 0.3) is 11.2 Å². The van der Waals surface area contributed by atoms with Gasteiger partial charge in [-0.15, -0.1) is 0 Å². The van der Waals surface area contributed by atoms with Crippen molar-refractivity contribution in [1.29, 1.82) is 0 Å². The van der Waals surface area contributed by atoms with E-state index in [1.807, 2.05) is 4.98 Å². The average molecular weight is 193 g/mol. The third kappa shape index (κ3) is 1.67. The smallest absolute Gasteiger partial charge is 1.00 e. The molecule has 7 nitrogen and oxygen atoms in total. The van der Waals surface area contributed by atoms with Gasteiger partial charge >= 0.3 is 42.4 Å². The summed E-state index contributed by atoms with van der Waals surface area (Å²) in [6, 6.07) is 0. The molecule has 4 N–H and O–H groups in total. The molecule has 0 unspecified atom stereocenters. The van der Waals surface area contributed by atoms with E-state index in [0.717, 1.165) is 0 Å². The van der Waals surface area contributed by atoms with Crippen LogP contribution in [0.2, 0.25) is 0 Å². The summed E-state index contributed by atoms with van der Waals surface area (Å²) in [6.45, 7) is 0. The van der Waals surface area contributed by atoms with Gasteiger partial charge in [0.1, 0.15) is 11.2 Å². The molecule has 8 heteroatoms. The Kier molecular flexibility index (Phi) is 2.60. The summed E-state index contributed by atoms with van der Waals surface area (Å²) in [4.78, 5) is 41.0. The van der Waals surface area contributed by atoms with Gasteiger partial charge in [0.25, 0.3) is 5.56 Å². The van der Waals surface area contributed by atoms with Crippen LogP contribution in [0.15, 0.2) is 14.4 Å². The first-order valence-corrected chi connectivity index (χ1v) is 3.11. The second kappa shape index (κ2) is 3.36. The summed E-state index contributed by atoms with van der Waals surface area (Å²) >= 11 is 0. The van der Waals surface area contributed by atoms with E-state index in [9.17, 15) is 14.4 Å². The quantitative estimate of drug-likeness (QED) is 0.316. The molecule has 0 radical (unpaired) electrons. The zero-order valence-electron chi connectivity index (χ0n) is 8.72. The summed E-state index contributed by atoms with van der Waals surface area (Å²) in [5.74, 6) is 0. The van der Waals surface area contributed by atoms with Gasteiger partial charge in [0.05, 0.1) is 0 Å². The molecule has 0 saturated carbocycles. The molecule has 2 aromatic rings. The van der Waals surface area contributed by atoms with Gasteiger partial charge in [-0.3, -0.25) is 24.7 Å². The Hall–Kier alpha value is -1.05. The molecule has 0 saturated heterocycles. The van der Waals surface area contributed by atoms with E-state index in [1.54, 1.807) is 0 Å². The van der Waals surface area contributed by atoms with Crippen molar-refractivity contribution < 1.29 is 32.4 Å². The van der Waals surface area contributed by atoms with Crippen LogP contribution in [0.1, 0.15) is 2.85 Å². The molecule has 64 valence electrons. The molecule has 0 atom stereocenters. The first-order chi connectivity index (χ1) is 5.66. The fourth-order valence-electron chi connectivity index (χ4n) is 0.958. The van der Waals surface area contributed by atoms with Crippen molar-refractivity contribution in [1.82, 2.24) is 19.9 Å². The number of aromatic amines is 4. The van der Waals surface area contributed by atoms with E-state index in [4.69, 9.17) is 0 Å². The van der Waals surface area contributed by atoms with Gasteiger partial charge in [-0.25, -0.2) is 9.59 Å². The van der Waals surface area contributed by atoms with E-state index >= 15 is 0 Å². The maximum absolute atomic E-state index is 10.9. The van der Waals surface area contributed by atoms with Gasteiger partial charge < -0.3 is 1.43 Å². The number of fused-ring (bicyclic) bond motifs is 1. The number of H-pyrrole nitrogens is 4. The van der Waals surface area contributed by atoms with Crippen molar-refractivity contribution in [3.63, 3.8) is 0 Å². The fraction of sp³-hybridized carbons (Fsp3) is 0. The second-order valence-corrected chi connectivity index (χ2v) is 2.24. The molecule has 0 aromatic carbocycles. The second-order valence-electron chi connectivity index (χ2n) is 2.24. The van der Waals surface area contributed by atoms with Gasteiger partial charge in [0.2, 0.25) is 0 Å². The molecule has 13 heavy (non-hydrogen) atoms. The summed E-state index contributed by atoms with van der Waals surface area (Å²) in [7, 11) is 0. The van der Waals surface area contributed by atoms with Crippen LogP contribution in [0.4, 0.5) is 0 Å². The van der Waals surface area contributed by atoms with Crippen LogP contribution in [0, 0.1) is 0 Å². The minimum Gasteiger partial charge on any atom is -1.00 e. The summed E-state index contributed by atoms with van der Waals surface area (Å²) in [6.07, 6.45) is 0. The van der Waals surface area contributed by atoms with Gasteiger partial charge in [-0.1, -0.05) is 0 Å². The molecule has 0 spiro atoms. The van der Waals surface area contributed by atoms with Crippen molar-refractivity contribution >= 4 is 11.2 Å². The average Bonchev–Trinajstić information content (AvgIpc) is 2.29. The Morgan fingerprint density at radius 1 is 0.923 bits per heavy atom. The third-order valence-electron chi connectivity index (χ3n) is 1.42. The van der Waals surface area contributed by atoms with Crippen molar-refractivity contribution in [2.75, 3.05) is 0 Å². The predicted octanol–water partition coefficient (Wildman–Crippen LogP) is -4.54. The summed E-state index contributed by atoms with van der Waals surface area (Å²) in [5, 5.41) is 0. The topological polar surface area (TPSA) is 114 Å². The monoisotopic (exact) mass is 193 g/mol. The van der Waals surface area contributed by atoms with Crippen LogP contribution in [-0.4, -0.2) is 19.9 Å². The molecule has 2 rings (SSSR count). The Morgan fingerprint density at radius 3 is 2.08 bits per heavy atom. The van der Waals surface area contributed by atoms with Crippen molar-refractivity contribution in [3.8, 4) is 0 Å². The number of hydrogen-bond acceptors (Lipinski definition) is 3. The van der Waals surface area contributed by atoms with Crippen molar-refractivity contribution in [3.05, 3.63) is 31.3 Å². The minimum absolute atomic E-state index is 0. The van der Waals surface area contributed by atoms with Crippen LogP contribution in [0.5, 0.6) is 0 Å². The first kappa shape index (κ1) is 10.0. The summed E-state index contributed by atoms with van der Waals surface area (Å²) < 4.78 is 0. The largest absolute Gasteiger partial charge is 1.00 e. The van der Waals surface area contributed by atoms with Gasteiger partial charge in [-0.05, 0) is 0 Å². The maximum atomic E-state index is 10.9. The Labute approximate surface area is 94.8 Å². The van der Waals surface area contributed by atoms with Crippen LogP contribution >= 0.6 is 0 Å². The Morgan fingerprint density at radius 2 is 1.46 bits per heavy atom. The normalized spacial score (nSPS) is 9.85. The standard InChI is InChI=1S/C5H4N4O3.Na.H/c10-3-1-2(7-4(11)6-1)8-5(12)9-3;;/h(H4,6,7,8,9,10,11,12);;/q;+1;-1/p+1.